The average molecular weight is 364 g/mol. The van der Waals surface area contributed by atoms with E-state index in [1.54, 1.807) is 0 Å². The van der Waals surface area contributed by atoms with Gasteiger partial charge in [-0.3, -0.25) is 4.79 Å². The van der Waals surface area contributed by atoms with Crippen LogP contribution in [-0.4, -0.2) is 36.0 Å². The molecule has 2 saturated heterocycles. The third kappa shape index (κ3) is 3.92. The van der Waals surface area contributed by atoms with Gasteiger partial charge in [0.15, 0.2) is 0 Å². The predicted molar refractivity (Wildman–Crippen MR) is 109 cm³/mol. The fraction of sp³-hybridized carbons (Fsp3) is 0.435. The fourth-order valence-electron chi connectivity index (χ4n) is 4.59. The monoisotopic (exact) mass is 363 g/mol. The summed E-state index contributed by atoms with van der Waals surface area (Å²) in [5.74, 6) is 0.168. The molecule has 142 valence electrons. The van der Waals surface area contributed by atoms with Crippen molar-refractivity contribution in [1.29, 1.82) is 0 Å². The van der Waals surface area contributed by atoms with Gasteiger partial charge in [0.25, 0.3) is 5.91 Å². The van der Waals surface area contributed by atoms with Crippen LogP contribution in [0.4, 0.5) is 0 Å². The van der Waals surface area contributed by atoms with Crippen LogP contribution in [0.15, 0.2) is 54.6 Å². The van der Waals surface area contributed by atoms with E-state index in [1.165, 1.54) is 17.5 Å². The van der Waals surface area contributed by atoms with Crippen LogP contribution in [0.25, 0.3) is 0 Å². The molecule has 0 aromatic heterocycles. The minimum Gasteiger partial charge on any atom is -0.334 e. The molecule has 2 heterocycles. The van der Waals surface area contributed by atoms with Crippen molar-refractivity contribution < 1.29 is 4.79 Å². The smallest absolute Gasteiger partial charge is 0.254 e. The minimum absolute atomic E-state index is 0.168. The summed E-state index contributed by atoms with van der Waals surface area (Å²) in [6.07, 6.45) is 5.25. The van der Waals surface area contributed by atoms with Crippen molar-refractivity contribution in [3.8, 4) is 0 Å². The summed E-state index contributed by atoms with van der Waals surface area (Å²) in [5, 5.41) is 3.80. The van der Waals surface area contributed by atoms with E-state index < -0.39 is 0 Å². The minimum atomic E-state index is 0.168. The Balaban J connectivity index is 1.53. The maximum atomic E-state index is 13.3. The van der Waals surface area contributed by atoms with E-state index in [2.05, 4.69) is 40.5 Å². The van der Waals surface area contributed by atoms with E-state index in [-0.39, 0.29) is 11.9 Å². The number of nitrogens with one attached hydrogen (secondary N) is 1. The van der Waals surface area contributed by atoms with Gasteiger partial charge in [0.1, 0.15) is 0 Å². The van der Waals surface area contributed by atoms with Gasteiger partial charge in [0, 0.05) is 30.2 Å². The molecule has 2 aromatic rings. The van der Waals surface area contributed by atoms with E-state index >= 15 is 0 Å². The number of nitrogens with two attached hydrogens (primary N) is 1. The molecular formula is C23H29N3O. The number of nitrogens with zero attached hydrogens (tertiary/aromatic N) is 1. The first-order valence-corrected chi connectivity index (χ1v) is 10.2. The molecule has 3 N–H and O–H groups in total. The molecular weight excluding hydrogens is 334 g/mol. The van der Waals surface area contributed by atoms with Gasteiger partial charge in [-0.2, -0.15) is 0 Å². The van der Waals surface area contributed by atoms with Gasteiger partial charge in [0.2, 0.25) is 0 Å². The predicted octanol–water partition coefficient (Wildman–Crippen LogP) is 3.29. The first-order chi connectivity index (χ1) is 13.3. The number of carbonyl (C=O) groups is 1. The summed E-state index contributed by atoms with van der Waals surface area (Å²) < 4.78 is 0. The highest BCUT2D eigenvalue weighted by molar-refractivity contribution is 5.94. The Labute approximate surface area is 161 Å². The van der Waals surface area contributed by atoms with E-state index in [0.29, 0.717) is 18.6 Å². The Hall–Kier alpha value is -2.17. The molecule has 4 rings (SSSR count). The highest BCUT2D eigenvalue weighted by Gasteiger charge is 2.40. The van der Waals surface area contributed by atoms with Gasteiger partial charge >= 0.3 is 0 Å². The third-order valence-corrected chi connectivity index (χ3v) is 6.02. The number of carbonyl (C=O) groups excluding carboxylic acids is 1. The van der Waals surface area contributed by atoms with Crippen molar-refractivity contribution in [2.24, 2.45) is 5.73 Å². The summed E-state index contributed by atoms with van der Waals surface area (Å²) in [5.41, 5.74) is 8.93. The van der Waals surface area contributed by atoms with Crippen LogP contribution in [-0.2, 0) is 6.42 Å². The van der Waals surface area contributed by atoms with Crippen molar-refractivity contribution in [1.82, 2.24) is 10.2 Å². The normalized spacial score (nSPS) is 25.1. The fourth-order valence-corrected chi connectivity index (χ4v) is 4.59. The Morgan fingerprint density at radius 2 is 1.85 bits per heavy atom. The molecule has 2 aliphatic rings. The first-order valence-electron chi connectivity index (χ1n) is 10.2. The summed E-state index contributed by atoms with van der Waals surface area (Å²) in [6, 6.07) is 19.6. The maximum Gasteiger partial charge on any atom is 0.254 e. The van der Waals surface area contributed by atoms with Gasteiger partial charge < -0.3 is 16.0 Å². The molecule has 0 unspecified atom stereocenters. The molecule has 0 aliphatic carbocycles. The van der Waals surface area contributed by atoms with Crippen LogP contribution in [0.2, 0.25) is 0 Å². The lowest BCUT2D eigenvalue weighted by Gasteiger charge is -2.30. The van der Waals surface area contributed by atoms with Gasteiger partial charge in [-0.25, -0.2) is 0 Å². The highest BCUT2D eigenvalue weighted by atomic mass is 16.2. The number of hydrogen-bond donors (Lipinski definition) is 2. The van der Waals surface area contributed by atoms with E-state index in [1.807, 2.05) is 24.3 Å². The Kier molecular flexibility index (Phi) is 5.55. The molecule has 0 radical (unpaired) electrons. The van der Waals surface area contributed by atoms with E-state index in [4.69, 9.17) is 5.73 Å². The molecule has 4 nitrogen and oxygen atoms in total. The van der Waals surface area contributed by atoms with Crippen molar-refractivity contribution in [3.63, 3.8) is 0 Å². The summed E-state index contributed by atoms with van der Waals surface area (Å²) in [4.78, 5) is 15.4. The lowest BCUT2D eigenvalue weighted by atomic mass is 10.00. The van der Waals surface area contributed by atoms with Gasteiger partial charge in [-0.1, -0.05) is 48.9 Å². The van der Waals surface area contributed by atoms with E-state index in [9.17, 15) is 4.79 Å². The van der Waals surface area contributed by atoms with Crippen LogP contribution >= 0.6 is 0 Å². The number of likely N-dealkylation sites (tertiary alicyclic amines) is 1. The molecule has 0 saturated carbocycles. The molecule has 2 aromatic carbocycles. The maximum absolute atomic E-state index is 13.3. The molecule has 4 heteroatoms. The molecule has 27 heavy (non-hydrogen) atoms. The molecule has 1 amide bonds. The standard InChI is InChI=1S/C23H29N3O/c24-14-13-17-9-11-19(12-10-17)23(27)26-15-5-4-8-20-22(26)16-21(25-20)18-6-2-1-3-7-18/h1-3,6-7,9-12,20-22,25H,4-5,8,13-16,24H2/t20-,21-,22+/m0/s1. The lowest BCUT2D eigenvalue weighted by Crippen LogP contribution is -2.45. The van der Waals surface area contributed by atoms with E-state index in [0.717, 1.165) is 37.8 Å². The van der Waals surface area contributed by atoms with Crippen LogP contribution in [0.1, 0.15) is 53.2 Å². The summed E-state index contributed by atoms with van der Waals surface area (Å²) in [7, 11) is 0. The second-order valence-electron chi connectivity index (χ2n) is 7.77. The second-order valence-corrected chi connectivity index (χ2v) is 7.77. The lowest BCUT2D eigenvalue weighted by molar-refractivity contribution is 0.0677. The van der Waals surface area contributed by atoms with Gasteiger partial charge in [0.05, 0.1) is 0 Å². The number of hydrogen-bond acceptors (Lipinski definition) is 3. The third-order valence-electron chi connectivity index (χ3n) is 6.02. The number of rotatable bonds is 4. The zero-order valence-corrected chi connectivity index (χ0v) is 15.8. The molecule has 2 aliphatic heterocycles. The Bertz CT molecular complexity index is 759. The first kappa shape index (κ1) is 18.2. The zero-order chi connectivity index (χ0) is 18.6. The van der Waals surface area contributed by atoms with Crippen LogP contribution in [0.3, 0.4) is 0 Å². The SMILES string of the molecule is NCCc1ccc(C(=O)N2CCCC[C@@H]3N[C@H](c4ccccc4)C[C@H]32)cc1. The highest BCUT2D eigenvalue weighted by Crippen LogP contribution is 2.34. The Morgan fingerprint density at radius 1 is 1.07 bits per heavy atom. The van der Waals surface area contributed by atoms with Crippen LogP contribution < -0.4 is 11.1 Å². The molecule has 0 bridgehead atoms. The van der Waals surface area contributed by atoms with Crippen molar-refractivity contribution in [2.45, 2.75) is 50.2 Å². The second kappa shape index (κ2) is 8.24. The molecule has 2 fully saturated rings. The Morgan fingerprint density at radius 3 is 2.59 bits per heavy atom. The van der Waals surface area contributed by atoms with Crippen molar-refractivity contribution >= 4 is 5.91 Å². The quantitative estimate of drug-likeness (QED) is 0.876. The van der Waals surface area contributed by atoms with Crippen molar-refractivity contribution in [2.75, 3.05) is 13.1 Å². The molecule has 3 atom stereocenters. The van der Waals surface area contributed by atoms with Gasteiger partial charge in [-0.15, -0.1) is 0 Å². The topological polar surface area (TPSA) is 58.4 Å². The van der Waals surface area contributed by atoms with Crippen LogP contribution in [0, 0.1) is 0 Å². The van der Waals surface area contributed by atoms with Crippen LogP contribution in [0.5, 0.6) is 0 Å². The summed E-state index contributed by atoms with van der Waals surface area (Å²) >= 11 is 0. The number of amides is 1. The summed E-state index contributed by atoms with van der Waals surface area (Å²) in [6.45, 7) is 1.49. The zero-order valence-electron chi connectivity index (χ0n) is 15.8. The molecule has 0 spiro atoms. The largest absolute Gasteiger partial charge is 0.334 e. The average Bonchev–Trinajstić information content (AvgIpc) is 3.03. The number of fused-ring (bicyclic) bond motifs is 1. The van der Waals surface area contributed by atoms with Gasteiger partial charge in [-0.05, 0) is 55.5 Å². The van der Waals surface area contributed by atoms with Crippen molar-refractivity contribution in [3.05, 3.63) is 71.3 Å². The number of benzene rings is 2.